The molecule has 15 heavy (non-hydrogen) atoms. The Balaban J connectivity index is 1.78. The molecule has 0 aromatic rings. The summed E-state index contributed by atoms with van der Waals surface area (Å²) in [5.74, 6) is 3.48. The highest BCUT2D eigenvalue weighted by molar-refractivity contribution is 5.78. The van der Waals surface area contributed by atoms with Crippen LogP contribution in [0.4, 0.5) is 0 Å². The summed E-state index contributed by atoms with van der Waals surface area (Å²) in [5.41, 5.74) is 5.33. The van der Waals surface area contributed by atoms with Gasteiger partial charge >= 0.3 is 0 Å². The topological polar surface area (TPSA) is 46.3 Å². The molecule has 0 bridgehead atoms. The molecule has 2 rings (SSSR count). The summed E-state index contributed by atoms with van der Waals surface area (Å²) in [5, 5.41) is 0. The molecule has 0 aromatic heterocycles. The molecule has 86 valence electrons. The molecule has 1 amide bonds. The lowest BCUT2D eigenvalue weighted by atomic mass is 9.61. The van der Waals surface area contributed by atoms with Gasteiger partial charge < -0.3 is 10.6 Å². The number of amides is 1. The number of nitrogens with zero attached hydrogens (tertiary/aromatic N) is 1. The average molecular weight is 210 g/mol. The Hall–Kier alpha value is -0.570. The number of hydrogen-bond donors (Lipinski definition) is 1. The molecule has 2 aliphatic rings. The Morgan fingerprint density at radius 1 is 1.40 bits per heavy atom. The number of carbonyl (C=O) groups is 1. The largest absolute Gasteiger partial charge is 0.341 e. The van der Waals surface area contributed by atoms with E-state index in [0.29, 0.717) is 0 Å². The fourth-order valence-corrected chi connectivity index (χ4v) is 3.08. The summed E-state index contributed by atoms with van der Waals surface area (Å²) in [4.78, 5) is 13.2. The maximum atomic E-state index is 11.3. The summed E-state index contributed by atoms with van der Waals surface area (Å²) in [6, 6.07) is 0. The quantitative estimate of drug-likeness (QED) is 0.758. The highest BCUT2D eigenvalue weighted by Gasteiger charge is 2.44. The van der Waals surface area contributed by atoms with Crippen LogP contribution in [-0.2, 0) is 4.79 Å². The van der Waals surface area contributed by atoms with Crippen LogP contribution in [0.3, 0.4) is 0 Å². The molecule has 0 spiro atoms. The van der Waals surface area contributed by atoms with Gasteiger partial charge in [0.15, 0.2) is 0 Å². The second-order valence-corrected chi connectivity index (χ2v) is 5.41. The van der Waals surface area contributed by atoms with Crippen LogP contribution in [0.25, 0.3) is 0 Å². The molecule has 1 saturated carbocycles. The van der Waals surface area contributed by atoms with Crippen LogP contribution in [0.5, 0.6) is 0 Å². The van der Waals surface area contributed by atoms with Crippen LogP contribution in [0, 0.1) is 23.7 Å². The summed E-state index contributed by atoms with van der Waals surface area (Å²) in [6.07, 6.45) is 2.77. The van der Waals surface area contributed by atoms with Gasteiger partial charge in [-0.25, -0.2) is 0 Å². The van der Waals surface area contributed by atoms with Crippen molar-refractivity contribution < 1.29 is 4.79 Å². The van der Waals surface area contributed by atoms with E-state index in [1.165, 1.54) is 12.8 Å². The first-order valence-corrected chi connectivity index (χ1v) is 6.11. The molecule has 2 fully saturated rings. The van der Waals surface area contributed by atoms with E-state index < -0.39 is 0 Å². The first-order chi connectivity index (χ1) is 7.13. The van der Waals surface area contributed by atoms with Crippen molar-refractivity contribution in [1.82, 2.24) is 4.90 Å². The Kier molecular flexibility index (Phi) is 3.01. The average Bonchev–Trinajstić information content (AvgIpc) is 2.05. The van der Waals surface area contributed by atoms with Gasteiger partial charge in [0.2, 0.25) is 5.91 Å². The minimum Gasteiger partial charge on any atom is -0.341 e. The minimum atomic E-state index is 0.117. The van der Waals surface area contributed by atoms with E-state index in [1.54, 1.807) is 0 Å². The van der Waals surface area contributed by atoms with E-state index in [9.17, 15) is 4.79 Å². The van der Waals surface area contributed by atoms with Crippen molar-refractivity contribution in [3.05, 3.63) is 0 Å². The number of hydrogen-bond acceptors (Lipinski definition) is 2. The first kappa shape index (κ1) is 10.9. The molecule has 3 heteroatoms. The molecule has 1 aliphatic carbocycles. The van der Waals surface area contributed by atoms with Crippen LogP contribution < -0.4 is 5.73 Å². The van der Waals surface area contributed by atoms with Crippen LogP contribution >= 0.6 is 0 Å². The van der Waals surface area contributed by atoms with E-state index in [1.807, 2.05) is 4.90 Å². The van der Waals surface area contributed by atoms with Gasteiger partial charge in [-0.1, -0.05) is 13.8 Å². The first-order valence-electron chi connectivity index (χ1n) is 6.11. The molecule has 1 heterocycles. The lowest BCUT2D eigenvalue weighted by Crippen LogP contribution is -2.57. The van der Waals surface area contributed by atoms with Crippen molar-refractivity contribution in [2.24, 2.45) is 29.4 Å². The number of carbonyl (C=O) groups excluding carboxylic acids is 1. The van der Waals surface area contributed by atoms with Crippen LogP contribution in [0.1, 0.15) is 26.7 Å². The van der Waals surface area contributed by atoms with Crippen molar-refractivity contribution in [3.8, 4) is 0 Å². The van der Waals surface area contributed by atoms with Crippen LogP contribution in [0.2, 0.25) is 0 Å². The van der Waals surface area contributed by atoms with Crippen molar-refractivity contribution in [1.29, 1.82) is 0 Å². The van der Waals surface area contributed by atoms with Crippen LogP contribution in [0.15, 0.2) is 0 Å². The molecule has 1 saturated heterocycles. The maximum absolute atomic E-state index is 11.3. The van der Waals surface area contributed by atoms with E-state index in [2.05, 4.69) is 13.8 Å². The van der Waals surface area contributed by atoms with Gasteiger partial charge in [-0.15, -0.1) is 0 Å². The van der Waals surface area contributed by atoms with Gasteiger partial charge in [-0.2, -0.15) is 0 Å². The zero-order valence-electron chi connectivity index (χ0n) is 9.78. The maximum Gasteiger partial charge on any atom is 0.236 e. The third-order valence-electron chi connectivity index (χ3n) is 4.28. The fourth-order valence-electron chi connectivity index (χ4n) is 3.08. The number of likely N-dealkylation sites (tertiary alicyclic amines) is 1. The van der Waals surface area contributed by atoms with Crippen molar-refractivity contribution in [2.45, 2.75) is 26.7 Å². The molecular weight excluding hydrogens is 188 g/mol. The van der Waals surface area contributed by atoms with Gasteiger partial charge in [0.25, 0.3) is 0 Å². The second kappa shape index (κ2) is 4.12. The Morgan fingerprint density at radius 2 is 2.07 bits per heavy atom. The molecular formula is C12H22N2O. The second-order valence-electron chi connectivity index (χ2n) is 5.41. The molecule has 1 aliphatic heterocycles. The number of nitrogens with two attached hydrogens (primary N) is 1. The normalized spacial score (nSPS) is 31.3. The molecule has 3 nitrogen and oxygen atoms in total. The summed E-state index contributed by atoms with van der Waals surface area (Å²) in [7, 11) is 0. The van der Waals surface area contributed by atoms with E-state index >= 15 is 0 Å². The van der Waals surface area contributed by atoms with Gasteiger partial charge in [0.05, 0.1) is 6.54 Å². The predicted octanol–water partition coefficient (Wildman–Crippen LogP) is 1.09. The van der Waals surface area contributed by atoms with Gasteiger partial charge in [-0.05, 0) is 36.5 Å². The summed E-state index contributed by atoms with van der Waals surface area (Å²) in [6.45, 7) is 6.73. The third-order valence-corrected chi connectivity index (χ3v) is 4.28. The van der Waals surface area contributed by atoms with E-state index in [0.717, 1.165) is 36.8 Å². The highest BCUT2D eigenvalue weighted by atomic mass is 16.2. The molecule has 2 atom stereocenters. The molecule has 2 N–H and O–H groups in total. The minimum absolute atomic E-state index is 0.117. The lowest BCUT2D eigenvalue weighted by Gasteiger charge is -2.51. The SMILES string of the molecule is CC(C)C1CCC1C1CN(C(=O)CN)C1. The van der Waals surface area contributed by atoms with Gasteiger partial charge in [0.1, 0.15) is 0 Å². The number of rotatable bonds is 3. The third kappa shape index (κ3) is 1.89. The van der Waals surface area contributed by atoms with Crippen molar-refractivity contribution in [3.63, 3.8) is 0 Å². The fraction of sp³-hybridized carbons (Fsp3) is 0.917. The molecule has 2 unspecified atom stereocenters. The van der Waals surface area contributed by atoms with Crippen LogP contribution in [-0.4, -0.2) is 30.4 Å². The van der Waals surface area contributed by atoms with E-state index in [4.69, 9.17) is 5.73 Å². The van der Waals surface area contributed by atoms with Gasteiger partial charge in [-0.3, -0.25) is 4.79 Å². The standard InChI is InChI=1S/C12H22N2O/c1-8(2)10-3-4-11(10)9-6-14(7-9)12(15)5-13/h8-11H,3-7,13H2,1-2H3. The molecule has 0 aromatic carbocycles. The monoisotopic (exact) mass is 210 g/mol. The molecule has 0 radical (unpaired) electrons. The van der Waals surface area contributed by atoms with Gasteiger partial charge in [0, 0.05) is 13.1 Å². The van der Waals surface area contributed by atoms with Crippen molar-refractivity contribution in [2.75, 3.05) is 19.6 Å². The Labute approximate surface area is 92.0 Å². The summed E-state index contributed by atoms with van der Waals surface area (Å²) >= 11 is 0. The zero-order chi connectivity index (χ0) is 11.0. The Bertz CT molecular complexity index is 246. The lowest BCUT2D eigenvalue weighted by molar-refractivity contribution is -0.140. The zero-order valence-corrected chi connectivity index (χ0v) is 9.78. The van der Waals surface area contributed by atoms with Crippen molar-refractivity contribution >= 4 is 5.91 Å². The van der Waals surface area contributed by atoms with E-state index in [-0.39, 0.29) is 12.5 Å². The smallest absolute Gasteiger partial charge is 0.236 e. The summed E-state index contributed by atoms with van der Waals surface area (Å²) < 4.78 is 0. The highest BCUT2D eigenvalue weighted by Crippen LogP contribution is 2.46. The predicted molar refractivity (Wildman–Crippen MR) is 60.2 cm³/mol. The Morgan fingerprint density at radius 3 is 2.47 bits per heavy atom.